The summed E-state index contributed by atoms with van der Waals surface area (Å²) < 4.78 is 14.0. The lowest BCUT2D eigenvalue weighted by Gasteiger charge is -2.26. The fraction of sp³-hybridized carbons (Fsp3) is 0.571. The van der Waals surface area contributed by atoms with Gasteiger partial charge >= 0.3 is 0 Å². The van der Waals surface area contributed by atoms with Gasteiger partial charge in [-0.15, -0.1) is 0 Å². The molecule has 0 atom stereocenters. The van der Waals surface area contributed by atoms with Crippen LogP contribution in [0.3, 0.4) is 0 Å². The summed E-state index contributed by atoms with van der Waals surface area (Å²) in [6.07, 6.45) is 5.25. The van der Waals surface area contributed by atoms with Gasteiger partial charge in [0.1, 0.15) is 5.82 Å². The van der Waals surface area contributed by atoms with Crippen molar-refractivity contribution in [3.63, 3.8) is 0 Å². The molecule has 0 aliphatic heterocycles. The first kappa shape index (κ1) is 12.9. The first-order valence-corrected chi connectivity index (χ1v) is 7.13. The second-order valence-corrected chi connectivity index (χ2v) is 5.99. The second kappa shape index (κ2) is 5.85. The highest BCUT2D eigenvalue weighted by atomic mass is 79.9. The Bertz CT molecular complexity index is 372. The minimum Gasteiger partial charge on any atom is -0.384 e. The van der Waals surface area contributed by atoms with E-state index in [0.29, 0.717) is 0 Å². The third-order valence-corrected chi connectivity index (χ3v) is 4.34. The first-order valence-electron chi connectivity index (χ1n) is 6.34. The minimum absolute atomic E-state index is 0.187. The molecule has 0 bridgehead atoms. The van der Waals surface area contributed by atoms with Crippen molar-refractivity contribution in [3.8, 4) is 0 Å². The molecule has 17 heavy (non-hydrogen) atoms. The van der Waals surface area contributed by atoms with Crippen molar-refractivity contribution in [2.24, 2.45) is 11.8 Å². The van der Waals surface area contributed by atoms with Crippen LogP contribution in [-0.2, 0) is 0 Å². The smallest absolute Gasteiger partial charge is 0.125 e. The van der Waals surface area contributed by atoms with Crippen LogP contribution in [0.5, 0.6) is 0 Å². The van der Waals surface area contributed by atoms with E-state index in [1.807, 2.05) is 0 Å². The Hall–Kier alpha value is -0.570. The quantitative estimate of drug-likeness (QED) is 0.843. The van der Waals surface area contributed by atoms with Gasteiger partial charge in [-0.05, 0) is 58.8 Å². The molecule has 1 N–H and O–H groups in total. The Labute approximate surface area is 111 Å². The predicted molar refractivity (Wildman–Crippen MR) is 73.7 cm³/mol. The van der Waals surface area contributed by atoms with Gasteiger partial charge in [-0.1, -0.05) is 19.8 Å². The molecule has 1 aromatic rings. The fourth-order valence-electron chi connectivity index (χ4n) is 2.42. The van der Waals surface area contributed by atoms with Crippen molar-refractivity contribution in [2.75, 3.05) is 11.9 Å². The molecule has 3 heteroatoms. The van der Waals surface area contributed by atoms with Crippen molar-refractivity contribution >= 4 is 21.6 Å². The molecule has 2 rings (SSSR count). The van der Waals surface area contributed by atoms with Crippen LogP contribution in [0.1, 0.15) is 32.6 Å². The van der Waals surface area contributed by atoms with E-state index in [1.54, 1.807) is 12.1 Å². The highest BCUT2D eigenvalue weighted by Gasteiger charge is 2.18. The highest BCUT2D eigenvalue weighted by Crippen LogP contribution is 2.29. The molecular weight excluding hydrogens is 281 g/mol. The average molecular weight is 300 g/mol. The van der Waals surface area contributed by atoms with Crippen LogP contribution in [0.15, 0.2) is 22.7 Å². The van der Waals surface area contributed by atoms with Gasteiger partial charge in [0.05, 0.1) is 5.69 Å². The molecule has 0 aromatic heterocycles. The van der Waals surface area contributed by atoms with E-state index in [-0.39, 0.29) is 5.82 Å². The molecule has 0 saturated heterocycles. The van der Waals surface area contributed by atoms with Crippen LogP contribution in [0, 0.1) is 17.7 Å². The van der Waals surface area contributed by atoms with E-state index in [2.05, 4.69) is 28.2 Å². The van der Waals surface area contributed by atoms with Gasteiger partial charge in [0.25, 0.3) is 0 Å². The predicted octanol–water partition coefficient (Wildman–Crippen LogP) is 4.83. The van der Waals surface area contributed by atoms with E-state index in [1.165, 1.54) is 31.7 Å². The summed E-state index contributed by atoms with van der Waals surface area (Å²) in [6, 6.07) is 4.77. The van der Waals surface area contributed by atoms with Gasteiger partial charge in [-0.3, -0.25) is 0 Å². The molecule has 1 aromatic carbocycles. The summed E-state index contributed by atoms with van der Waals surface area (Å²) in [7, 11) is 0. The highest BCUT2D eigenvalue weighted by molar-refractivity contribution is 9.10. The van der Waals surface area contributed by atoms with Gasteiger partial charge in [-0.2, -0.15) is 0 Å². The number of halogens is 2. The number of hydrogen-bond donors (Lipinski definition) is 1. The van der Waals surface area contributed by atoms with Gasteiger partial charge in [-0.25, -0.2) is 4.39 Å². The minimum atomic E-state index is -0.187. The van der Waals surface area contributed by atoms with Gasteiger partial charge < -0.3 is 5.32 Å². The molecule has 1 fully saturated rings. The lowest BCUT2D eigenvalue weighted by atomic mass is 9.83. The van der Waals surface area contributed by atoms with Gasteiger partial charge in [0.2, 0.25) is 0 Å². The maximum Gasteiger partial charge on any atom is 0.125 e. The van der Waals surface area contributed by atoms with Crippen molar-refractivity contribution in [3.05, 3.63) is 28.5 Å². The van der Waals surface area contributed by atoms with Crippen molar-refractivity contribution < 1.29 is 4.39 Å². The number of nitrogens with one attached hydrogen (secondary N) is 1. The normalized spacial score (nSPS) is 24.6. The third kappa shape index (κ3) is 3.70. The lowest BCUT2D eigenvalue weighted by molar-refractivity contribution is 0.300. The van der Waals surface area contributed by atoms with Crippen LogP contribution in [0.4, 0.5) is 10.1 Å². The number of hydrogen-bond acceptors (Lipinski definition) is 1. The Kier molecular flexibility index (Phi) is 4.43. The van der Waals surface area contributed by atoms with Crippen molar-refractivity contribution in [1.29, 1.82) is 0 Å². The van der Waals surface area contributed by atoms with Gasteiger partial charge in [0.15, 0.2) is 0 Å². The molecule has 0 radical (unpaired) electrons. The average Bonchev–Trinajstić information content (AvgIpc) is 2.32. The van der Waals surface area contributed by atoms with Crippen LogP contribution >= 0.6 is 15.9 Å². The van der Waals surface area contributed by atoms with E-state index in [0.717, 1.165) is 28.5 Å². The molecule has 1 saturated carbocycles. The maximum absolute atomic E-state index is 13.1. The molecule has 0 spiro atoms. The zero-order valence-electron chi connectivity index (χ0n) is 10.2. The molecule has 0 heterocycles. The largest absolute Gasteiger partial charge is 0.384 e. The maximum atomic E-state index is 13.1. The number of rotatable bonds is 3. The standard InChI is InChI=1S/C14H19BrFN/c1-10-2-4-11(5-3-10)9-17-14-8-12(16)6-7-13(14)15/h6-8,10-11,17H,2-5,9H2,1H3. The molecule has 1 aliphatic carbocycles. The zero-order valence-corrected chi connectivity index (χ0v) is 11.8. The monoisotopic (exact) mass is 299 g/mol. The summed E-state index contributed by atoms with van der Waals surface area (Å²) in [4.78, 5) is 0. The number of benzene rings is 1. The fourth-order valence-corrected chi connectivity index (χ4v) is 2.81. The van der Waals surface area contributed by atoms with Crippen LogP contribution in [-0.4, -0.2) is 6.54 Å². The first-order chi connectivity index (χ1) is 8.15. The zero-order chi connectivity index (χ0) is 12.3. The SMILES string of the molecule is CC1CCC(CNc2cc(F)ccc2Br)CC1. The molecule has 0 unspecified atom stereocenters. The molecule has 94 valence electrons. The summed E-state index contributed by atoms with van der Waals surface area (Å²) in [5.41, 5.74) is 0.864. The van der Waals surface area contributed by atoms with Crippen molar-refractivity contribution in [2.45, 2.75) is 32.6 Å². The second-order valence-electron chi connectivity index (χ2n) is 5.13. The Morgan fingerprint density at radius 2 is 2.00 bits per heavy atom. The topological polar surface area (TPSA) is 12.0 Å². The van der Waals surface area contributed by atoms with E-state index in [9.17, 15) is 4.39 Å². The van der Waals surface area contributed by atoms with E-state index >= 15 is 0 Å². The summed E-state index contributed by atoms with van der Waals surface area (Å²) in [5, 5.41) is 3.35. The summed E-state index contributed by atoms with van der Waals surface area (Å²) in [6.45, 7) is 3.28. The summed E-state index contributed by atoms with van der Waals surface area (Å²) in [5.74, 6) is 1.43. The Morgan fingerprint density at radius 3 is 2.71 bits per heavy atom. The third-order valence-electron chi connectivity index (χ3n) is 3.65. The Morgan fingerprint density at radius 1 is 1.29 bits per heavy atom. The van der Waals surface area contributed by atoms with Crippen LogP contribution in [0.2, 0.25) is 0 Å². The molecular formula is C14H19BrFN. The van der Waals surface area contributed by atoms with Gasteiger partial charge in [0, 0.05) is 11.0 Å². The van der Waals surface area contributed by atoms with Crippen LogP contribution < -0.4 is 5.32 Å². The van der Waals surface area contributed by atoms with Crippen molar-refractivity contribution in [1.82, 2.24) is 0 Å². The van der Waals surface area contributed by atoms with E-state index in [4.69, 9.17) is 0 Å². The summed E-state index contributed by atoms with van der Waals surface area (Å²) >= 11 is 3.44. The molecule has 1 nitrogen and oxygen atoms in total. The Balaban J connectivity index is 1.87. The van der Waals surface area contributed by atoms with Crippen LogP contribution in [0.25, 0.3) is 0 Å². The lowest BCUT2D eigenvalue weighted by Crippen LogP contribution is -2.20. The number of anilines is 1. The molecule has 1 aliphatic rings. The van der Waals surface area contributed by atoms with E-state index < -0.39 is 0 Å². The molecule has 0 amide bonds.